The van der Waals surface area contributed by atoms with Gasteiger partial charge in [0.15, 0.2) is 11.5 Å². The molecule has 0 radical (unpaired) electrons. The highest BCUT2D eigenvalue weighted by atomic mass is 19.4. The predicted molar refractivity (Wildman–Crippen MR) is 108 cm³/mol. The van der Waals surface area contributed by atoms with E-state index in [0.717, 1.165) is 18.7 Å². The van der Waals surface area contributed by atoms with Gasteiger partial charge in [0, 0.05) is 24.8 Å². The summed E-state index contributed by atoms with van der Waals surface area (Å²) in [4.78, 5) is 16.0. The van der Waals surface area contributed by atoms with Crippen molar-refractivity contribution in [3.8, 4) is 11.5 Å². The molecule has 30 heavy (non-hydrogen) atoms. The number of rotatable bonds is 10. The standard InChI is InChI=1S/C21H26F3N3O3/c1-14(2)8-11-30-17-6-4-15(12-18(17)29-3)20(28)26-10-9-25-19-7-5-16(13-27-19)21(22,23)24/h4-7,12-14H,8-11H2,1-3H3,(H,25,27)(H,26,28). The monoisotopic (exact) mass is 425 g/mol. The number of halogens is 3. The lowest BCUT2D eigenvalue weighted by molar-refractivity contribution is -0.137. The van der Waals surface area contributed by atoms with Crippen molar-refractivity contribution in [3.05, 3.63) is 47.7 Å². The van der Waals surface area contributed by atoms with Crippen LogP contribution in [0.4, 0.5) is 19.0 Å². The fraction of sp³-hybridized carbons (Fsp3) is 0.429. The first-order valence-electron chi connectivity index (χ1n) is 9.57. The van der Waals surface area contributed by atoms with Gasteiger partial charge < -0.3 is 20.1 Å². The van der Waals surface area contributed by atoms with E-state index < -0.39 is 11.7 Å². The van der Waals surface area contributed by atoms with E-state index in [9.17, 15) is 18.0 Å². The van der Waals surface area contributed by atoms with E-state index >= 15 is 0 Å². The lowest BCUT2D eigenvalue weighted by Gasteiger charge is -2.13. The molecule has 1 amide bonds. The number of ether oxygens (including phenoxy) is 2. The molecule has 1 aromatic heterocycles. The highest BCUT2D eigenvalue weighted by Crippen LogP contribution is 2.29. The number of benzene rings is 1. The molecule has 164 valence electrons. The Labute approximate surface area is 173 Å². The third kappa shape index (κ3) is 7.13. The van der Waals surface area contributed by atoms with E-state index in [1.807, 2.05) is 0 Å². The number of nitrogens with zero attached hydrogens (tertiary/aromatic N) is 1. The van der Waals surface area contributed by atoms with Gasteiger partial charge in [0.2, 0.25) is 0 Å². The Morgan fingerprint density at radius 1 is 1.13 bits per heavy atom. The first-order chi connectivity index (χ1) is 14.2. The number of carbonyl (C=O) groups excluding carboxylic acids is 1. The number of hydrogen-bond acceptors (Lipinski definition) is 5. The molecule has 0 aliphatic rings. The fourth-order valence-electron chi connectivity index (χ4n) is 2.47. The smallest absolute Gasteiger partial charge is 0.417 e. The summed E-state index contributed by atoms with van der Waals surface area (Å²) in [5.41, 5.74) is -0.400. The van der Waals surface area contributed by atoms with Crippen LogP contribution in [-0.2, 0) is 6.18 Å². The first kappa shape index (κ1) is 23.3. The number of hydrogen-bond donors (Lipinski definition) is 2. The molecule has 2 N–H and O–H groups in total. The van der Waals surface area contributed by atoms with Gasteiger partial charge in [-0.2, -0.15) is 13.2 Å². The number of anilines is 1. The molecule has 0 fully saturated rings. The Balaban J connectivity index is 1.83. The average Bonchev–Trinajstić information content (AvgIpc) is 2.70. The molecule has 1 heterocycles. The minimum Gasteiger partial charge on any atom is -0.493 e. The number of aromatic nitrogens is 1. The predicted octanol–water partition coefficient (Wildman–Crippen LogP) is 4.38. The number of methoxy groups -OCH3 is 1. The molecule has 0 bridgehead atoms. The summed E-state index contributed by atoms with van der Waals surface area (Å²) in [7, 11) is 1.51. The van der Waals surface area contributed by atoms with Gasteiger partial charge in [-0.3, -0.25) is 4.79 Å². The van der Waals surface area contributed by atoms with E-state index in [4.69, 9.17) is 9.47 Å². The van der Waals surface area contributed by atoms with Gasteiger partial charge in [-0.05, 0) is 42.7 Å². The highest BCUT2D eigenvalue weighted by Gasteiger charge is 2.30. The normalized spacial score (nSPS) is 11.3. The second-order valence-electron chi connectivity index (χ2n) is 7.01. The lowest BCUT2D eigenvalue weighted by Crippen LogP contribution is -2.28. The maximum absolute atomic E-state index is 12.5. The lowest BCUT2D eigenvalue weighted by atomic mass is 10.1. The molecule has 0 aliphatic carbocycles. The topological polar surface area (TPSA) is 72.5 Å². The molecular weight excluding hydrogens is 399 g/mol. The minimum atomic E-state index is -4.42. The quantitative estimate of drug-likeness (QED) is 0.553. The Bertz CT molecular complexity index is 824. The largest absolute Gasteiger partial charge is 0.493 e. The van der Waals surface area contributed by atoms with Crippen LogP contribution in [0.2, 0.25) is 0 Å². The van der Waals surface area contributed by atoms with Crippen molar-refractivity contribution in [2.75, 3.05) is 32.1 Å². The molecule has 0 atom stereocenters. The van der Waals surface area contributed by atoms with Crippen LogP contribution >= 0.6 is 0 Å². The summed E-state index contributed by atoms with van der Waals surface area (Å²) in [5, 5.41) is 5.58. The average molecular weight is 425 g/mol. The zero-order valence-corrected chi connectivity index (χ0v) is 17.2. The molecule has 2 rings (SSSR count). The van der Waals surface area contributed by atoms with E-state index in [1.165, 1.54) is 13.2 Å². The minimum absolute atomic E-state index is 0.260. The third-order valence-corrected chi connectivity index (χ3v) is 4.19. The van der Waals surface area contributed by atoms with Crippen molar-refractivity contribution in [1.82, 2.24) is 10.3 Å². The van der Waals surface area contributed by atoms with Gasteiger partial charge in [-0.1, -0.05) is 13.8 Å². The number of alkyl halides is 3. The van der Waals surface area contributed by atoms with Crippen molar-refractivity contribution in [2.24, 2.45) is 5.92 Å². The van der Waals surface area contributed by atoms with E-state index in [-0.39, 0.29) is 12.5 Å². The van der Waals surface area contributed by atoms with Crippen LogP contribution in [0.25, 0.3) is 0 Å². The molecule has 9 heteroatoms. The van der Waals surface area contributed by atoms with Crippen LogP contribution in [0.3, 0.4) is 0 Å². The van der Waals surface area contributed by atoms with Gasteiger partial charge in [-0.25, -0.2) is 4.98 Å². The zero-order chi connectivity index (χ0) is 22.1. The fourth-order valence-corrected chi connectivity index (χ4v) is 2.47. The van der Waals surface area contributed by atoms with Crippen LogP contribution in [0.1, 0.15) is 36.2 Å². The van der Waals surface area contributed by atoms with Crippen LogP contribution in [0.15, 0.2) is 36.5 Å². The summed E-state index contributed by atoms with van der Waals surface area (Å²) in [6.45, 7) is 5.34. The Kier molecular flexibility index (Phi) is 8.32. The molecular formula is C21H26F3N3O3. The van der Waals surface area contributed by atoms with Crippen LogP contribution in [0.5, 0.6) is 11.5 Å². The summed E-state index contributed by atoms with van der Waals surface area (Å²) in [5.74, 6) is 1.56. The van der Waals surface area contributed by atoms with Crippen molar-refractivity contribution in [3.63, 3.8) is 0 Å². The maximum Gasteiger partial charge on any atom is 0.417 e. The van der Waals surface area contributed by atoms with Crippen LogP contribution < -0.4 is 20.1 Å². The van der Waals surface area contributed by atoms with Gasteiger partial charge in [0.25, 0.3) is 5.91 Å². The Morgan fingerprint density at radius 3 is 2.50 bits per heavy atom. The zero-order valence-electron chi connectivity index (χ0n) is 17.2. The molecule has 0 unspecified atom stereocenters. The van der Waals surface area contributed by atoms with Gasteiger partial charge in [-0.15, -0.1) is 0 Å². The number of amides is 1. The summed E-state index contributed by atoms with van der Waals surface area (Å²) >= 11 is 0. The van der Waals surface area contributed by atoms with Crippen LogP contribution in [-0.4, -0.2) is 37.7 Å². The second kappa shape index (κ2) is 10.7. The molecule has 1 aromatic carbocycles. The summed E-state index contributed by atoms with van der Waals surface area (Å²) < 4.78 is 48.6. The molecule has 0 saturated heterocycles. The van der Waals surface area contributed by atoms with Gasteiger partial charge in [0.05, 0.1) is 19.3 Å². The summed E-state index contributed by atoms with van der Waals surface area (Å²) in [6.07, 6.45) is -2.75. The van der Waals surface area contributed by atoms with Gasteiger partial charge >= 0.3 is 6.18 Å². The Hall–Kier alpha value is -2.97. The highest BCUT2D eigenvalue weighted by molar-refractivity contribution is 5.94. The Morgan fingerprint density at radius 2 is 1.90 bits per heavy atom. The molecule has 0 spiro atoms. The van der Waals surface area contributed by atoms with Crippen molar-refractivity contribution in [2.45, 2.75) is 26.4 Å². The van der Waals surface area contributed by atoms with E-state index in [2.05, 4.69) is 29.5 Å². The molecule has 2 aromatic rings. The number of carbonyl (C=O) groups is 1. The first-order valence-corrected chi connectivity index (χ1v) is 9.57. The SMILES string of the molecule is COc1cc(C(=O)NCCNc2ccc(C(F)(F)F)cn2)ccc1OCCC(C)C. The maximum atomic E-state index is 12.5. The van der Waals surface area contributed by atoms with E-state index in [0.29, 0.717) is 41.9 Å². The number of nitrogens with one attached hydrogen (secondary N) is 2. The third-order valence-electron chi connectivity index (χ3n) is 4.19. The molecule has 6 nitrogen and oxygen atoms in total. The van der Waals surface area contributed by atoms with Gasteiger partial charge in [0.1, 0.15) is 5.82 Å². The molecule has 0 saturated carbocycles. The van der Waals surface area contributed by atoms with Crippen LogP contribution in [0, 0.1) is 5.92 Å². The summed E-state index contributed by atoms with van der Waals surface area (Å²) in [6, 6.07) is 7.13. The second-order valence-corrected chi connectivity index (χ2v) is 7.01. The van der Waals surface area contributed by atoms with E-state index in [1.54, 1.807) is 18.2 Å². The van der Waals surface area contributed by atoms with Crippen molar-refractivity contribution in [1.29, 1.82) is 0 Å². The van der Waals surface area contributed by atoms with Crippen molar-refractivity contribution < 1.29 is 27.4 Å². The van der Waals surface area contributed by atoms with Crippen molar-refractivity contribution >= 4 is 11.7 Å². The molecule has 0 aliphatic heterocycles. The number of pyridine rings is 1.